The highest BCUT2D eigenvalue weighted by Crippen LogP contribution is 2.33. The van der Waals surface area contributed by atoms with Crippen LogP contribution >= 0.6 is 0 Å². The number of ether oxygens (including phenoxy) is 1. The first-order valence-electron chi connectivity index (χ1n) is 5.37. The Balaban J connectivity index is 3.25. The van der Waals surface area contributed by atoms with E-state index in [-0.39, 0.29) is 17.2 Å². The average molecular weight is 238 g/mol. The van der Waals surface area contributed by atoms with Crippen molar-refractivity contribution in [2.45, 2.75) is 33.8 Å². The Morgan fingerprint density at radius 3 is 2.41 bits per heavy atom. The molecule has 5 heteroatoms. The van der Waals surface area contributed by atoms with E-state index < -0.39 is 5.97 Å². The summed E-state index contributed by atoms with van der Waals surface area (Å²) in [4.78, 5) is 19.2. The number of carbonyl (C=O) groups is 1. The number of nitrogens with zero attached hydrogens (tertiary/aromatic N) is 2. The zero-order chi connectivity index (χ0) is 13.2. The Hall–Kier alpha value is -1.49. The standard InChI is InChI=1S/C12H18N2O3/c1-7-6-8(11(15)16)14-10(13-7)9(17-5)12(2,3)4/h6,9H,1-5H3,(H,15,16). The third kappa shape index (κ3) is 3.23. The van der Waals surface area contributed by atoms with E-state index >= 15 is 0 Å². The zero-order valence-corrected chi connectivity index (χ0v) is 10.8. The van der Waals surface area contributed by atoms with Crippen molar-refractivity contribution in [3.63, 3.8) is 0 Å². The predicted molar refractivity (Wildman–Crippen MR) is 62.9 cm³/mol. The summed E-state index contributed by atoms with van der Waals surface area (Å²) in [5.74, 6) is -0.641. The van der Waals surface area contributed by atoms with Gasteiger partial charge in [-0.3, -0.25) is 0 Å². The van der Waals surface area contributed by atoms with Crippen LogP contribution in [0, 0.1) is 12.3 Å². The average Bonchev–Trinajstić information content (AvgIpc) is 2.15. The Kier molecular flexibility index (Phi) is 3.83. The topological polar surface area (TPSA) is 72.3 Å². The van der Waals surface area contributed by atoms with Crippen molar-refractivity contribution in [3.05, 3.63) is 23.3 Å². The van der Waals surface area contributed by atoms with Crippen molar-refractivity contribution in [2.24, 2.45) is 5.41 Å². The largest absolute Gasteiger partial charge is 0.477 e. The Morgan fingerprint density at radius 1 is 1.41 bits per heavy atom. The van der Waals surface area contributed by atoms with Gasteiger partial charge in [-0.2, -0.15) is 0 Å². The van der Waals surface area contributed by atoms with Crippen LogP contribution < -0.4 is 0 Å². The fourth-order valence-electron chi connectivity index (χ4n) is 1.66. The van der Waals surface area contributed by atoms with Crippen LogP contribution in [-0.4, -0.2) is 28.2 Å². The highest BCUT2D eigenvalue weighted by molar-refractivity contribution is 5.85. The van der Waals surface area contributed by atoms with Gasteiger partial charge >= 0.3 is 5.97 Å². The van der Waals surface area contributed by atoms with Crippen molar-refractivity contribution < 1.29 is 14.6 Å². The molecule has 1 atom stereocenters. The van der Waals surface area contributed by atoms with Gasteiger partial charge in [0.1, 0.15) is 6.10 Å². The Bertz CT molecular complexity index is 424. The van der Waals surface area contributed by atoms with Crippen molar-refractivity contribution in [1.29, 1.82) is 0 Å². The number of hydrogen-bond acceptors (Lipinski definition) is 4. The molecule has 0 amide bonds. The summed E-state index contributed by atoms with van der Waals surface area (Å²) in [6, 6.07) is 1.45. The lowest BCUT2D eigenvalue weighted by molar-refractivity contribution is 0.00828. The summed E-state index contributed by atoms with van der Waals surface area (Å²) in [7, 11) is 1.57. The highest BCUT2D eigenvalue weighted by atomic mass is 16.5. The van der Waals surface area contributed by atoms with Crippen LogP contribution in [0.25, 0.3) is 0 Å². The molecule has 0 saturated carbocycles. The summed E-state index contributed by atoms with van der Waals surface area (Å²) in [5, 5.41) is 8.96. The molecule has 1 unspecified atom stereocenters. The second-order valence-corrected chi connectivity index (χ2v) is 5.04. The van der Waals surface area contributed by atoms with Gasteiger partial charge in [0.15, 0.2) is 11.5 Å². The minimum atomic E-state index is -1.06. The van der Waals surface area contributed by atoms with Gasteiger partial charge in [-0.05, 0) is 18.4 Å². The van der Waals surface area contributed by atoms with E-state index in [1.807, 2.05) is 20.8 Å². The molecule has 0 aliphatic heterocycles. The molecule has 1 aromatic heterocycles. The van der Waals surface area contributed by atoms with Crippen molar-refractivity contribution >= 4 is 5.97 Å². The first kappa shape index (κ1) is 13.6. The molecule has 0 aliphatic carbocycles. The van der Waals surface area contributed by atoms with Gasteiger partial charge in [-0.1, -0.05) is 20.8 Å². The summed E-state index contributed by atoms with van der Waals surface area (Å²) in [5.41, 5.74) is 0.427. The van der Waals surface area contributed by atoms with E-state index in [2.05, 4.69) is 9.97 Å². The maximum atomic E-state index is 10.9. The quantitative estimate of drug-likeness (QED) is 0.874. The van der Waals surface area contributed by atoms with Gasteiger partial charge in [0.05, 0.1) is 0 Å². The third-order valence-corrected chi connectivity index (χ3v) is 2.35. The van der Waals surface area contributed by atoms with Crippen LogP contribution in [0.3, 0.4) is 0 Å². The number of rotatable bonds is 3. The third-order valence-electron chi connectivity index (χ3n) is 2.35. The molecule has 1 rings (SSSR count). The molecule has 0 aromatic carbocycles. The molecular formula is C12H18N2O3. The van der Waals surface area contributed by atoms with Crippen LogP contribution in [0.1, 0.15) is 48.9 Å². The van der Waals surface area contributed by atoms with E-state index in [4.69, 9.17) is 9.84 Å². The molecular weight excluding hydrogens is 220 g/mol. The molecule has 0 bridgehead atoms. The van der Waals surface area contributed by atoms with Gasteiger partial charge in [0.2, 0.25) is 0 Å². The van der Waals surface area contributed by atoms with Crippen LogP contribution in [0.4, 0.5) is 0 Å². The molecule has 0 radical (unpaired) electrons. The number of hydrogen-bond donors (Lipinski definition) is 1. The lowest BCUT2D eigenvalue weighted by Crippen LogP contribution is -2.23. The molecule has 5 nitrogen and oxygen atoms in total. The Labute approximate surface area is 101 Å². The second kappa shape index (κ2) is 4.79. The number of aromatic nitrogens is 2. The smallest absolute Gasteiger partial charge is 0.354 e. The number of aryl methyl sites for hydroxylation is 1. The fraction of sp³-hybridized carbons (Fsp3) is 0.583. The van der Waals surface area contributed by atoms with Crippen molar-refractivity contribution in [1.82, 2.24) is 9.97 Å². The van der Waals surface area contributed by atoms with Gasteiger partial charge in [0, 0.05) is 12.8 Å². The van der Waals surface area contributed by atoms with Crippen LogP contribution in [-0.2, 0) is 4.74 Å². The zero-order valence-electron chi connectivity index (χ0n) is 10.8. The number of carboxylic acids is 1. The van der Waals surface area contributed by atoms with Gasteiger partial charge in [-0.25, -0.2) is 14.8 Å². The molecule has 0 fully saturated rings. The summed E-state index contributed by atoms with van der Waals surface area (Å²) in [6.07, 6.45) is -0.333. The number of carboxylic acid groups (broad SMARTS) is 1. The number of methoxy groups -OCH3 is 1. The molecule has 1 aromatic rings. The molecule has 1 heterocycles. The van der Waals surface area contributed by atoms with Crippen molar-refractivity contribution in [2.75, 3.05) is 7.11 Å². The van der Waals surface area contributed by atoms with Crippen molar-refractivity contribution in [3.8, 4) is 0 Å². The summed E-state index contributed by atoms with van der Waals surface area (Å²) in [6.45, 7) is 7.72. The maximum Gasteiger partial charge on any atom is 0.354 e. The monoisotopic (exact) mass is 238 g/mol. The highest BCUT2D eigenvalue weighted by Gasteiger charge is 2.29. The van der Waals surface area contributed by atoms with Gasteiger partial charge < -0.3 is 9.84 Å². The summed E-state index contributed by atoms with van der Waals surface area (Å²) < 4.78 is 5.37. The van der Waals surface area contributed by atoms with E-state index in [1.54, 1.807) is 14.0 Å². The molecule has 17 heavy (non-hydrogen) atoms. The van der Waals surface area contributed by atoms with Crippen LogP contribution in [0.15, 0.2) is 6.07 Å². The number of aromatic carboxylic acids is 1. The minimum absolute atomic E-state index is 0.00111. The fourth-order valence-corrected chi connectivity index (χ4v) is 1.66. The van der Waals surface area contributed by atoms with Gasteiger partial charge in [0.25, 0.3) is 0 Å². The molecule has 94 valence electrons. The van der Waals surface area contributed by atoms with E-state index in [1.165, 1.54) is 6.07 Å². The molecule has 1 N–H and O–H groups in total. The molecule has 0 saturated heterocycles. The molecule has 0 spiro atoms. The lowest BCUT2D eigenvalue weighted by atomic mass is 9.88. The molecule has 0 aliphatic rings. The maximum absolute atomic E-state index is 10.9. The SMILES string of the molecule is COC(c1nc(C)cc(C(=O)O)n1)C(C)(C)C. The second-order valence-electron chi connectivity index (χ2n) is 5.04. The van der Waals surface area contributed by atoms with Crippen LogP contribution in [0.5, 0.6) is 0 Å². The first-order valence-corrected chi connectivity index (χ1v) is 5.37. The van der Waals surface area contributed by atoms with E-state index in [0.29, 0.717) is 11.5 Å². The van der Waals surface area contributed by atoms with E-state index in [0.717, 1.165) is 0 Å². The minimum Gasteiger partial charge on any atom is -0.477 e. The van der Waals surface area contributed by atoms with Gasteiger partial charge in [-0.15, -0.1) is 0 Å². The van der Waals surface area contributed by atoms with E-state index in [9.17, 15) is 4.79 Å². The first-order chi connectivity index (χ1) is 7.75. The summed E-state index contributed by atoms with van der Waals surface area (Å²) >= 11 is 0. The lowest BCUT2D eigenvalue weighted by Gasteiger charge is -2.28. The normalized spacial score (nSPS) is 13.5. The van der Waals surface area contributed by atoms with Crippen LogP contribution in [0.2, 0.25) is 0 Å². The Morgan fingerprint density at radius 2 is 2.00 bits per heavy atom. The predicted octanol–water partition coefficient (Wildman–Crippen LogP) is 2.22.